The fourth-order valence-corrected chi connectivity index (χ4v) is 3.00. The van der Waals surface area contributed by atoms with Gasteiger partial charge in [0.15, 0.2) is 5.96 Å². The molecule has 0 aliphatic rings. The van der Waals surface area contributed by atoms with Gasteiger partial charge in [-0.3, -0.25) is 0 Å². The molecular formula is C19H34IN3O4S. The van der Waals surface area contributed by atoms with Crippen LogP contribution in [0.4, 0.5) is 0 Å². The molecule has 1 aromatic carbocycles. The minimum Gasteiger partial charge on any atom is -0.491 e. The molecule has 0 amide bonds. The number of aliphatic imine (C=N–C) groups is 1. The minimum atomic E-state index is -2.94. The number of nitrogens with zero attached hydrogens (tertiary/aromatic N) is 1. The number of hydrogen-bond donors (Lipinski definition) is 2. The van der Waals surface area contributed by atoms with Gasteiger partial charge in [-0.2, -0.15) is 0 Å². The number of nitrogens with one attached hydrogen (secondary N) is 2. The largest absolute Gasteiger partial charge is 0.491 e. The van der Waals surface area contributed by atoms with Crippen molar-refractivity contribution in [1.82, 2.24) is 10.6 Å². The molecule has 0 heterocycles. The third-order valence-corrected chi connectivity index (χ3v) is 4.68. The number of aryl methyl sites for hydroxylation is 1. The van der Waals surface area contributed by atoms with Gasteiger partial charge in [0.05, 0.1) is 18.9 Å². The lowest BCUT2D eigenvalue weighted by Crippen LogP contribution is -2.38. The van der Waals surface area contributed by atoms with Crippen LogP contribution in [0.1, 0.15) is 31.4 Å². The molecule has 0 fully saturated rings. The molecular weight excluding hydrogens is 493 g/mol. The lowest BCUT2D eigenvalue weighted by atomic mass is 10.1. The molecule has 0 saturated carbocycles. The Labute approximate surface area is 186 Å². The molecule has 162 valence electrons. The van der Waals surface area contributed by atoms with Gasteiger partial charge in [0.1, 0.15) is 22.2 Å². The summed E-state index contributed by atoms with van der Waals surface area (Å²) in [5.41, 5.74) is 2.12. The van der Waals surface area contributed by atoms with Crippen LogP contribution in [0.5, 0.6) is 5.75 Å². The summed E-state index contributed by atoms with van der Waals surface area (Å²) in [6.45, 7) is 9.43. The van der Waals surface area contributed by atoms with Crippen molar-refractivity contribution in [2.75, 3.05) is 44.9 Å². The number of ether oxygens (including phenoxy) is 2. The van der Waals surface area contributed by atoms with Gasteiger partial charge >= 0.3 is 0 Å². The zero-order valence-corrected chi connectivity index (χ0v) is 20.4. The average Bonchev–Trinajstić information content (AvgIpc) is 2.60. The highest BCUT2D eigenvalue weighted by atomic mass is 127. The van der Waals surface area contributed by atoms with Gasteiger partial charge in [0.25, 0.3) is 0 Å². The molecule has 1 rings (SSSR count). The molecule has 0 unspecified atom stereocenters. The molecule has 0 aliphatic carbocycles. The van der Waals surface area contributed by atoms with Crippen molar-refractivity contribution in [2.45, 2.75) is 33.7 Å². The summed E-state index contributed by atoms with van der Waals surface area (Å²) in [5.74, 6) is 1.63. The first-order chi connectivity index (χ1) is 12.9. The van der Waals surface area contributed by atoms with Crippen LogP contribution in [0.2, 0.25) is 0 Å². The van der Waals surface area contributed by atoms with Crippen LogP contribution < -0.4 is 15.4 Å². The number of sulfone groups is 1. The maximum Gasteiger partial charge on any atom is 0.191 e. The van der Waals surface area contributed by atoms with Crippen molar-refractivity contribution in [1.29, 1.82) is 0 Å². The van der Waals surface area contributed by atoms with Crippen molar-refractivity contribution in [2.24, 2.45) is 4.99 Å². The van der Waals surface area contributed by atoms with Crippen LogP contribution in [0, 0.1) is 6.92 Å². The summed E-state index contributed by atoms with van der Waals surface area (Å²) < 4.78 is 33.6. The maximum absolute atomic E-state index is 11.2. The molecule has 0 bridgehead atoms. The van der Waals surface area contributed by atoms with E-state index in [0.29, 0.717) is 45.3 Å². The van der Waals surface area contributed by atoms with Gasteiger partial charge < -0.3 is 20.1 Å². The number of halogens is 1. The van der Waals surface area contributed by atoms with Crippen molar-refractivity contribution in [3.8, 4) is 5.75 Å². The molecule has 1 aromatic rings. The molecule has 28 heavy (non-hydrogen) atoms. The number of hydrogen-bond acceptors (Lipinski definition) is 5. The van der Waals surface area contributed by atoms with Crippen LogP contribution in [-0.4, -0.2) is 59.3 Å². The van der Waals surface area contributed by atoms with Crippen LogP contribution in [0.25, 0.3) is 0 Å². The van der Waals surface area contributed by atoms with Crippen LogP contribution in [0.15, 0.2) is 23.2 Å². The van der Waals surface area contributed by atoms with Crippen LogP contribution in [0.3, 0.4) is 0 Å². The van der Waals surface area contributed by atoms with Crippen molar-refractivity contribution >= 4 is 39.8 Å². The predicted molar refractivity (Wildman–Crippen MR) is 126 cm³/mol. The average molecular weight is 527 g/mol. The maximum atomic E-state index is 11.2. The van der Waals surface area contributed by atoms with Crippen molar-refractivity contribution in [3.05, 3.63) is 29.3 Å². The highest BCUT2D eigenvalue weighted by Gasteiger charge is 2.06. The van der Waals surface area contributed by atoms with E-state index in [0.717, 1.165) is 23.4 Å². The molecule has 0 saturated heterocycles. The van der Waals surface area contributed by atoms with E-state index < -0.39 is 9.84 Å². The first-order valence-electron chi connectivity index (χ1n) is 9.35. The van der Waals surface area contributed by atoms with E-state index in [1.165, 1.54) is 6.26 Å². The van der Waals surface area contributed by atoms with E-state index in [9.17, 15) is 8.42 Å². The van der Waals surface area contributed by atoms with Gasteiger partial charge in [-0.1, -0.05) is 12.1 Å². The monoisotopic (exact) mass is 527 g/mol. The lowest BCUT2D eigenvalue weighted by Gasteiger charge is -2.13. The Bertz CT molecular complexity index is 696. The fraction of sp³-hybridized carbons (Fsp3) is 0.632. The SMILES string of the molecule is CCNC(=NCc1ccc(C)cc1OCCOCC)NCCCS(C)(=O)=O.I. The van der Waals surface area contributed by atoms with E-state index in [1.807, 2.05) is 39.0 Å². The molecule has 0 spiro atoms. The summed E-state index contributed by atoms with van der Waals surface area (Å²) >= 11 is 0. The molecule has 9 heteroatoms. The predicted octanol–water partition coefficient (Wildman–Crippen LogP) is 2.52. The number of benzene rings is 1. The van der Waals surface area contributed by atoms with E-state index in [4.69, 9.17) is 9.47 Å². The second kappa shape index (κ2) is 14.9. The molecule has 0 radical (unpaired) electrons. The summed E-state index contributed by atoms with van der Waals surface area (Å²) in [6.07, 6.45) is 1.79. The molecule has 0 aliphatic heterocycles. The van der Waals surface area contributed by atoms with Gasteiger partial charge in [0.2, 0.25) is 0 Å². The Morgan fingerprint density at radius 1 is 1.18 bits per heavy atom. The van der Waals surface area contributed by atoms with E-state index in [-0.39, 0.29) is 29.7 Å². The Kier molecular flexibility index (Phi) is 14.3. The topological polar surface area (TPSA) is 89.0 Å². The van der Waals surface area contributed by atoms with Crippen molar-refractivity contribution < 1.29 is 17.9 Å². The second-order valence-electron chi connectivity index (χ2n) is 6.26. The van der Waals surface area contributed by atoms with Gasteiger partial charge in [-0.15, -0.1) is 24.0 Å². The van der Waals surface area contributed by atoms with Gasteiger partial charge in [-0.05, 0) is 38.8 Å². The fourth-order valence-electron chi connectivity index (χ4n) is 2.33. The first-order valence-corrected chi connectivity index (χ1v) is 11.4. The third kappa shape index (κ3) is 12.4. The highest BCUT2D eigenvalue weighted by Crippen LogP contribution is 2.21. The summed E-state index contributed by atoms with van der Waals surface area (Å²) in [7, 11) is -2.94. The normalized spacial score (nSPS) is 11.6. The summed E-state index contributed by atoms with van der Waals surface area (Å²) in [5, 5.41) is 6.34. The van der Waals surface area contributed by atoms with Gasteiger partial charge in [-0.25, -0.2) is 13.4 Å². The van der Waals surface area contributed by atoms with Crippen LogP contribution >= 0.6 is 24.0 Å². The zero-order valence-electron chi connectivity index (χ0n) is 17.3. The smallest absolute Gasteiger partial charge is 0.191 e. The van der Waals surface area contributed by atoms with Crippen LogP contribution in [-0.2, 0) is 21.1 Å². The summed E-state index contributed by atoms with van der Waals surface area (Å²) in [6, 6.07) is 6.05. The highest BCUT2D eigenvalue weighted by molar-refractivity contribution is 14.0. The Balaban J connectivity index is 0.00000729. The zero-order chi connectivity index (χ0) is 20.1. The number of guanidine groups is 1. The molecule has 7 nitrogen and oxygen atoms in total. The summed E-state index contributed by atoms with van der Waals surface area (Å²) in [4.78, 5) is 4.59. The van der Waals surface area contributed by atoms with Crippen molar-refractivity contribution in [3.63, 3.8) is 0 Å². The first kappa shape index (κ1) is 26.9. The molecule has 2 N–H and O–H groups in total. The minimum absolute atomic E-state index is 0. The van der Waals surface area contributed by atoms with E-state index >= 15 is 0 Å². The Hall–Kier alpha value is -1.07. The van der Waals surface area contributed by atoms with E-state index in [2.05, 4.69) is 15.6 Å². The quantitative estimate of drug-likeness (QED) is 0.188. The number of rotatable bonds is 12. The standard InChI is InChI=1S/C19H33N3O4S.HI/c1-5-20-19(21-10-7-13-27(4,23)24)22-15-17-9-8-16(3)14-18(17)26-12-11-25-6-2;/h8-9,14H,5-7,10-13,15H2,1-4H3,(H2,20,21,22);1H. The molecule has 0 atom stereocenters. The third-order valence-electron chi connectivity index (χ3n) is 3.65. The molecule has 0 aromatic heterocycles. The lowest BCUT2D eigenvalue weighted by molar-refractivity contribution is 0.110. The Morgan fingerprint density at radius 3 is 2.57 bits per heavy atom. The van der Waals surface area contributed by atoms with Gasteiger partial charge in [0, 0.05) is 31.5 Å². The second-order valence-corrected chi connectivity index (χ2v) is 8.52. The van der Waals surface area contributed by atoms with E-state index in [1.54, 1.807) is 0 Å². The Morgan fingerprint density at radius 2 is 1.93 bits per heavy atom.